The Kier molecular flexibility index (Phi) is 6.42. The molecule has 0 aliphatic heterocycles. The number of rotatable bonds is 6. The van der Waals surface area contributed by atoms with Gasteiger partial charge in [-0.3, -0.25) is 4.79 Å². The molecule has 2 N–H and O–H groups in total. The summed E-state index contributed by atoms with van der Waals surface area (Å²) in [5, 5.41) is 0. The number of benzene rings is 1. The molecule has 0 spiro atoms. The molecule has 0 unspecified atom stereocenters. The molecule has 6 heteroatoms. The summed E-state index contributed by atoms with van der Waals surface area (Å²) in [6.07, 6.45) is 0. The molecule has 1 aromatic carbocycles. The van der Waals surface area contributed by atoms with E-state index in [1.54, 1.807) is 6.92 Å². The molecule has 0 atom stereocenters. The van der Waals surface area contributed by atoms with Crippen molar-refractivity contribution in [3.63, 3.8) is 0 Å². The second-order valence-electron chi connectivity index (χ2n) is 4.52. The smallest absolute Gasteiger partial charge is 0.325 e. The van der Waals surface area contributed by atoms with E-state index in [-0.39, 0.29) is 18.6 Å². The van der Waals surface area contributed by atoms with Crippen LogP contribution in [0.4, 0.5) is 5.69 Å². The number of hydrogen-bond donors (Lipinski definition) is 1. The molecule has 1 rings (SSSR count). The molecule has 0 radical (unpaired) electrons. The Morgan fingerprint density at radius 1 is 1.50 bits per heavy atom. The van der Waals surface area contributed by atoms with Crippen LogP contribution in [0.3, 0.4) is 0 Å². The number of carbonyl (C=O) groups is 1. The zero-order valence-corrected chi connectivity index (χ0v) is 14.3. The molecular formula is C14H19BrN2O2S. The Bertz CT molecular complexity index is 506. The molecule has 0 aromatic heterocycles. The summed E-state index contributed by atoms with van der Waals surface area (Å²) in [4.78, 5) is 14.0. The van der Waals surface area contributed by atoms with Gasteiger partial charge < -0.3 is 15.4 Å². The van der Waals surface area contributed by atoms with E-state index in [2.05, 4.69) is 15.9 Å². The summed E-state index contributed by atoms with van der Waals surface area (Å²) in [6, 6.07) is 5.78. The van der Waals surface area contributed by atoms with Gasteiger partial charge >= 0.3 is 5.97 Å². The lowest BCUT2D eigenvalue weighted by Gasteiger charge is -2.30. The molecule has 110 valence electrons. The normalized spacial score (nSPS) is 10.4. The van der Waals surface area contributed by atoms with Gasteiger partial charge in [0.25, 0.3) is 0 Å². The first-order valence-corrected chi connectivity index (χ1v) is 7.59. The van der Waals surface area contributed by atoms with Crippen molar-refractivity contribution in [3.8, 4) is 0 Å². The third-order valence-corrected chi connectivity index (χ3v) is 3.64. The Morgan fingerprint density at radius 2 is 2.15 bits per heavy atom. The number of anilines is 1. The van der Waals surface area contributed by atoms with Crippen molar-refractivity contribution in [2.75, 3.05) is 18.1 Å². The van der Waals surface area contributed by atoms with Gasteiger partial charge in [0, 0.05) is 21.8 Å². The summed E-state index contributed by atoms with van der Waals surface area (Å²) in [7, 11) is 0. The highest BCUT2D eigenvalue weighted by atomic mass is 79.9. The number of halogens is 1. The minimum atomic E-state index is -0.268. The monoisotopic (exact) mass is 358 g/mol. The van der Waals surface area contributed by atoms with Crippen LogP contribution in [0.15, 0.2) is 22.7 Å². The van der Waals surface area contributed by atoms with Crippen molar-refractivity contribution in [1.82, 2.24) is 0 Å². The van der Waals surface area contributed by atoms with Crippen LogP contribution < -0.4 is 10.6 Å². The van der Waals surface area contributed by atoms with Gasteiger partial charge in [-0.1, -0.05) is 18.3 Å². The number of hydrogen-bond acceptors (Lipinski definition) is 4. The van der Waals surface area contributed by atoms with Crippen LogP contribution in [0, 0.1) is 0 Å². The maximum atomic E-state index is 11.8. The van der Waals surface area contributed by atoms with Gasteiger partial charge in [-0.2, -0.15) is 0 Å². The van der Waals surface area contributed by atoms with Crippen LogP contribution in [-0.2, 0) is 9.53 Å². The van der Waals surface area contributed by atoms with E-state index in [9.17, 15) is 4.79 Å². The lowest BCUT2D eigenvalue weighted by Crippen LogP contribution is -2.38. The molecule has 0 saturated heterocycles. The standard InChI is InChI=1S/C14H19BrN2O2S/c1-4-19-12(18)8-17(9(2)3)11-7-5-6-10(15)13(11)14(16)20/h5-7,9H,4,8H2,1-3H3,(H2,16,20). The quantitative estimate of drug-likeness (QED) is 0.625. The van der Waals surface area contributed by atoms with E-state index in [0.717, 1.165) is 15.7 Å². The Balaban J connectivity index is 3.19. The first kappa shape index (κ1) is 16.9. The van der Waals surface area contributed by atoms with Crippen LogP contribution in [-0.4, -0.2) is 30.2 Å². The molecule has 1 aromatic rings. The van der Waals surface area contributed by atoms with Crippen LogP contribution in [0.1, 0.15) is 26.3 Å². The molecule has 0 aliphatic carbocycles. The van der Waals surface area contributed by atoms with Gasteiger partial charge in [0.2, 0.25) is 0 Å². The predicted molar refractivity (Wildman–Crippen MR) is 89.1 cm³/mol. The van der Waals surface area contributed by atoms with Crippen LogP contribution in [0.25, 0.3) is 0 Å². The van der Waals surface area contributed by atoms with E-state index in [0.29, 0.717) is 11.6 Å². The van der Waals surface area contributed by atoms with Gasteiger partial charge in [-0.15, -0.1) is 0 Å². The van der Waals surface area contributed by atoms with E-state index in [1.807, 2.05) is 36.9 Å². The number of ether oxygens (including phenoxy) is 1. The number of nitrogens with two attached hydrogens (primary N) is 1. The molecule has 0 saturated carbocycles. The highest BCUT2D eigenvalue weighted by molar-refractivity contribution is 9.10. The minimum Gasteiger partial charge on any atom is -0.465 e. The summed E-state index contributed by atoms with van der Waals surface area (Å²) in [5.74, 6) is -0.268. The Morgan fingerprint density at radius 3 is 2.65 bits per heavy atom. The summed E-state index contributed by atoms with van der Waals surface area (Å²) < 4.78 is 5.83. The van der Waals surface area contributed by atoms with Crippen molar-refractivity contribution < 1.29 is 9.53 Å². The molecular weight excluding hydrogens is 340 g/mol. The average molecular weight is 359 g/mol. The van der Waals surface area contributed by atoms with Crippen molar-refractivity contribution in [1.29, 1.82) is 0 Å². The van der Waals surface area contributed by atoms with E-state index >= 15 is 0 Å². The summed E-state index contributed by atoms with van der Waals surface area (Å²) in [5.41, 5.74) is 7.37. The fraction of sp³-hybridized carbons (Fsp3) is 0.429. The first-order valence-electron chi connectivity index (χ1n) is 6.39. The van der Waals surface area contributed by atoms with E-state index < -0.39 is 0 Å². The van der Waals surface area contributed by atoms with Crippen LogP contribution in [0.2, 0.25) is 0 Å². The lowest BCUT2D eigenvalue weighted by molar-refractivity contribution is -0.141. The molecule has 0 fully saturated rings. The molecule has 0 amide bonds. The van der Waals surface area contributed by atoms with Gasteiger partial charge in [-0.25, -0.2) is 0 Å². The average Bonchev–Trinajstić information content (AvgIpc) is 2.35. The number of carbonyl (C=O) groups excluding carboxylic acids is 1. The first-order chi connectivity index (χ1) is 9.38. The van der Waals surface area contributed by atoms with Gasteiger partial charge in [0.1, 0.15) is 11.5 Å². The maximum absolute atomic E-state index is 11.8. The highest BCUT2D eigenvalue weighted by Gasteiger charge is 2.20. The number of esters is 1. The van der Waals surface area contributed by atoms with Gasteiger partial charge in [-0.05, 0) is 48.8 Å². The second-order valence-corrected chi connectivity index (χ2v) is 5.82. The van der Waals surface area contributed by atoms with E-state index in [1.165, 1.54) is 0 Å². The summed E-state index contributed by atoms with van der Waals surface area (Å²) >= 11 is 8.56. The zero-order chi connectivity index (χ0) is 15.3. The van der Waals surface area contributed by atoms with Gasteiger partial charge in [0.15, 0.2) is 0 Å². The zero-order valence-electron chi connectivity index (χ0n) is 11.9. The van der Waals surface area contributed by atoms with E-state index in [4.69, 9.17) is 22.7 Å². The molecule has 0 heterocycles. The van der Waals surface area contributed by atoms with Crippen molar-refractivity contribution >= 4 is 44.8 Å². The lowest BCUT2D eigenvalue weighted by atomic mass is 10.1. The highest BCUT2D eigenvalue weighted by Crippen LogP contribution is 2.29. The third-order valence-electron chi connectivity index (χ3n) is 2.78. The third kappa shape index (κ3) is 4.18. The number of thiocarbonyl (C=S) groups is 1. The maximum Gasteiger partial charge on any atom is 0.325 e. The molecule has 20 heavy (non-hydrogen) atoms. The van der Waals surface area contributed by atoms with Crippen molar-refractivity contribution in [3.05, 3.63) is 28.2 Å². The summed E-state index contributed by atoms with van der Waals surface area (Å²) in [6.45, 7) is 6.33. The Hall–Kier alpha value is -1.14. The predicted octanol–water partition coefficient (Wildman–Crippen LogP) is 2.86. The fourth-order valence-corrected chi connectivity index (χ4v) is 2.80. The van der Waals surface area contributed by atoms with Crippen molar-refractivity contribution in [2.45, 2.75) is 26.8 Å². The van der Waals surface area contributed by atoms with Crippen LogP contribution in [0.5, 0.6) is 0 Å². The fourth-order valence-electron chi connectivity index (χ4n) is 1.89. The molecule has 0 aliphatic rings. The largest absolute Gasteiger partial charge is 0.465 e. The SMILES string of the molecule is CCOC(=O)CN(c1cccc(Br)c1C(N)=S)C(C)C. The van der Waals surface area contributed by atoms with Crippen molar-refractivity contribution in [2.24, 2.45) is 5.73 Å². The van der Waals surface area contributed by atoms with Gasteiger partial charge in [0.05, 0.1) is 6.61 Å². The minimum absolute atomic E-state index is 0.113. The van der Waals surface area contributed by atoms with Crippen LogP contribution >= 0.6 is 28.1 Å². The molecule has 0 bridgehead atoms. The molecule has 4 nitrogen and oxygen atoms in total. The second kappa shape index (κ2) is 7.59. The topological polar surface area (TPSA) is 55.6 Å². The Labute approximate surface area is 133 Å². The number of nitrogens with zero attached hydrogens (tertiary/aromatic N) is 1.